The van der Waals surface area contributed by atoms with E-state index in [2.05, 4.69) is 5.32 Å². The predicted molar refractivity (Wildman–Crippen MR) is 101 cm³/mol. The van der Waals surface area contributed by atoms with Gasteiger partial charge < -0.3 is 24.8 Å². The molecule has 0 radical (unpaired) electrons. The molecule has 0 aliphatic carbocycles. The summed E-state index contributed by atoms with van der Waals surface area (Å²) in [5.74, 6) is -0.0326. The summed E-state index contributed by atoms with van der Waals surface area (Å²) in [5.41, 5.74) is 0.768. The van der Waals surface area contributed by atoms with E-state index < -0.39 is 0 Å². The monoisotopic (exact) mass is 394 g/mol. The molecule has 0 bridgehead atoms. The highest BCUT2D eigenvalue weighted by Crippen LogP contribution is 2.23. The van der Waals surface area contributed by atoms with Crippen LogP contribution in [0, 0.1) is 0 Å². The molecule has 1 atom stereocenters. The molecule has 8 nitrogen and oxygen atoms in total. The smallest absolute Gasteiger partial charge is 0.409 e. The van der Waals surface area contributed by atoms with Gasteiger partial charge in [0, 0.05) is 49.9 Å². The number of benzene rings is 1. The molecule has 2 saturated heterocycles. The molecule has 27 heavy (non-hydrogen) atoms. The van der Waals surface area contributed by atoms with Gasteiger partial charge in [-0.15, -0.1) is 0 Å². The SMILES string of the molecule is CCOC(=O)N1CCN(C(=O)N[C@H]2CC(=O)N(c3ccc(Cl)cc3)C2)CC1. The Bertz CT molecular complexity index is 704. The number of nitrogens with zero attached hydrogens (tertiary/aromatic N) is 3. The van der Waals surface area contributed by atoms with Crippen LogP contribution in [0.1, 0.15) is 13.3 Å². The van der Waals surface area contributed by atoms with Gasteiger partial charge in [0.15, 0.2) is 0 Å². The van der Waals surface area contributed by atoms with Gasteiger partial charge >= 0.3 is 12.1 Å². The lowest BCUT2D eigenvalue weighted by molar-refractivity contribution is -0.117. The molecule has 1 aromatic carbocycles. The fraction of sp³-hybridized carbons (Fsp3) is 0.500. The van der Waals surface area contributed by atoms with Crippen LogP contribution >= 0.6 is 11.6 Å². The van der Waals surface area contributed by atoms with Gasteiger partial charge in [0.2, 0.25) is 5.91 Å². The minimum Gasteiger partial charge on any atom is -0.450 e. The number of amides is 4. The molecule has 2 aliphatic rings. The van der Waals surface area contributed by atoms with Crippen molar-refractivity contribution in [3.8, 4) is 0 Å². The second kappa shape index (κ2) is 8.47. The Morgan fingerprint density at radius 2 is 1.78 bits per heavy atom. The zero-order valence-corrected chi connectivity index (χ0v) is 15.9. The molecule has 146 valence electrons. The molecular weight excluding hydrogens is 372 g/mol. The largest absolute Gasteiger partial charge is 0.450 e. The Hall–Kier alpha value is -2.48. The fourth-order valence-corrected chi connectivity index (χ4v) is 3.37. The number of piperazine rings is 1. The molecule has 0 saturated carbocycles. The number of nitrogens with one attached hydrogen (secondary N) is 1. The van der Waals surface area contributed by atoms with Gasteiger partial charge in [0.1, 0.15) is 0 Å². The molecule has 2 heterocycles. The third-order valence-electron chi connectivity index (χ3n) is 4.68. The zero-order valence-electron chi connectivity index (χ0n) is 15.2. The van der Waals surface area contributed by atoms with Gasteiger partial charge in [-0.1, -0.05) is 11.6 Å². The normalized spacial score (nSPS) is 20.0. The van der Waals surface area contributed by atoms with Crippen LogP contribution in [0.5, 0.6) is 0 Å². The fourth-order valence-electron chi connectivity index (χ4n) is 3.25. The maximum Gasteiger partial charge on any atom is 0.409 e. The predicted octanol–water partition coefficient (Wildman–Crippen LogP) is 1.93. The Labute approximate surface area is 163 Å². The van der Waals surface area contributed by atoms with Crippen molar-refractivity contribution in [2.24, 2.45) is 0 Å². The summed E-state index contributed by atoms with van der Waals surface area (Å²) in [7, 11) is 0. The molecule has 2 fully saturated rings. The van der Waals surface area contributed by atoms with Crippen LogP contribution in [0.4, 0.5) is 15.3 Å². The van der Waals surface area contributed by atoms with E-state index in [9.17, 15) is 14.4 Å². The van der Waals surface area contributed by atoms with Crippen LogP contribution < -0.4 is 10.2 Å². The van der Waals surface area contributed by atoms with E-state index in [1.54, 1.807) is 45.9 Å². The van der Waals surface area contributed by atoms with Crippen LogP contribution in [0.3, 0.4) is 0 Å². The lowest BCUT2D eigenvalue weighted by atomic mass is 10.2. The summed E-state index contributed by atoms with van der Waals surface area (Å²) in [6, 6.07) is 6.59. The number of halogens is 1. The molecule has 4 amide bonds. The highest BCUT2D eigenvalue weighted by molar-refractivity contribution is 6.30. The standard InChI is InChI=1S/C18H23ClN4O4/c1-2-27-18(26)22-9-7-21(8-10-22)17(25)20-14-11-16(24)23(12-14)15-5-3-13(19)4-6-15/h3-6,14H,2,7-12H2,1H3,(H,20,25)/t14-/m0/s1. The number of ether oxygens (including phenoxy) is 1. The second-order valence-electron chi connectivity index (χ2n) is 6.50. The average molecular weight is 395 g/mol. The topological polar surface area (TPSA) is 82.2 Å². The molecule has 3 rings (SSSR count). The van der Waals surface area contributed by atoms with Crippen LogP contribution in [0.25, 0.3) is 0 Å². The third kappa shape index (κ3) is 4.63. The van der Waals surface area contributed by atoms with Crippen LogP contribution in [-0.4, -0.2) is 73.2 Å². The maximum atomic E-state index is 12.5. The molecule has 9 heteroatoms. The first-order chi connectivity index (χ1) is 13.0. The van der Waals surface area contributed by atoms with Gasteiger partial charge in [-0.3, -0.25) is 4.79 Å². The second-order valence-corrected chi connectivity index (χ2v) is 6.94. The van der Waals surface area contributed by atoms with E-state index in [4.69, 9.17) is 16.3 Å². The van der Waals surface area contributed by atoms with Crippen molar-refractivity contribution >= 4 is 35.3 Å². The zero-order chi connectivity index (χ0) is 19.4. The van der Waals surface area contributed by atoms with Gasteiger partial charge in [-0.2, -0.15) is 0 Å². The van der Waals surface area contributed by atoms with Crippen LogP contribution in [-0.2, 0) is 9.53 Å². The van der Waals surface area contributed by atoms with Gasteiger partial charge in [0.05, 0.1) is 12.6 Å². The van der Waals surface area contributed by atoms with Gasteiger partial charge in [-0.25, -0.2) is 9.59 Å². The van der Waals surface area contributed by atoms with E-state index in [-0.39, 0.29) is 30.5 Å². The van der Waals surface area contributed by atoms with E-state index in [0.717, 1.165) is 5.69 Å². The summed E-state index contributed by atoms with van der Waals surface area (Å²) in [4.78, 5) is 41.4. The van der Waals surface area contributed by atoms with Crippen molar-refractivity contribution in [3.63, 3.8) is 0 Å². The third-order valence-corrected chi connectivity index (χ3v) is 4.94. The van der Waals surface area contributed by atoms with E-state index >= 15 is 0 Å². The summed E-state index contributed by atoms with van der Waals surface area (Å²) in [6.07, 6.45) is -0.0884. The average Bonchev–Trinajstić information content (AvgIpc) is 3.02. The maximum absolute atomic E-state index is 12.5. The van der Waals surface area contributed by atoms with Gasteiger partial charge in [-0.05, 0) is 31.2 Å². The van der Waals surface area contributed by atoms with Crippen molar-refractivity contribution in [3.05, 3.63) is 29.3 Å². The minimum atomic E-state index is -0.349. The van der Waals surface area contributed by atoms with Crippen molar-refractivity contribution in [2.75, 3.05) is 44.2 Å². The quantitative estimate of drug-likeness (QED) is 0.849. The first-order valence-corrected chi connectivity index (χ1v) is 9.38. The summed E-state index contributed by atoms with van der Waals surface area (Å²) in [6.45, 7) is 4.27. The summed E-state index contributed by atoms with van der Waals surface area (Å²) < 4.78 is 4.97. The first kappa shape index (κ1) is 19.3. The number of carbonyl (C=O) groups is 3. The van der Waals surface area contributed by atoms with Gasteiger partial charge in [0.25, 0.3) is 0 Å². The Balaban J connectivity index is 1.50. The van der Waals surface area contributed by atoms with Crippen molar-refractivity contribution in [1.82, 2.24) is 15.1 Å². The summed E-state index contributed by atoms with van der Waals surface area (Å²) in [5, 5.41) is 3.53. The van der Waals surface area contributed by atoms with E-state index in [0.29, 0.717) is 44.4 Å². The molecule has 1 aromatic rings. The van der Waals surface area contributed by atoms with Crippen molar-refractivity contribution in [2.45, 2.75) is 19.4 Å². The Morgan fingerprint density at radius 3 is 2.41 bits per heavy atom. The van der Waals surface area contributed by atoms with Crippen molar-refractivity contribution < 1.29 is 19.1 Å². The molecule has 2 aliphatic heterocycles. The van der Waals surface area contributed by atoms with Crippen LogP contribution in [0.2, 0.25) is 5.02 Å². The number of hydrogen-bond donors (Lipinski definition) is 1. The Morgan fingerprint density at radius 1 is 1.15 bits per heavy atom. The lowest BCUT2D eigenvalue weighted by Crippen LogP contribution is -2.54. The van der Waals surface area contributed by atoms with E-state index in [1.807, 2.05) is 0 Å². The number of carbonyl (C=O) groups excluding carboxylic acids is 3. The molecule has 0 unspecified atom stereocenters. The van der Waals surface area contributed by atoms with Crippen molar-refractivity contribution in [1.29, 1.82) is 0 Å². The highest BCUT2D eigenvalue weighted by atomic mass is 35.5. The Kier molecular flexibility index (Phi) is 6.05. The highest BCUT2D eigenvalue weighted by Gasteiger charge is 2.33. The first-order valence-electron chi connectivity index (χ1n) is 9.01. The van der Waals surface area contributed by atoms with Crippen LogP contribution in [0.15, 0.2) is 24.3 Å². The van der Waals surface area contributed by atoms with E-state index in [1.165, 1.54) is 0 Å². The number of rotatable bonds is 3. The lowest BCUT2D eigenvalue weighted by Gasteiger charge is -2.34. The summed E-state index contributed by atoms with van der Waals surface area (Å²) >= 11 is 5.89. The molecule has 0 aromatic heterocycles. The number of anilines is 1. The minimum absolute atomic E-state index is 0.0326. The number of urea groups is 1. The molecular formula is C18H23ClN4O4. The molecule has 1 N–H and O–H groups in total. The number of hydrogen-bond acceptors (Lipinski definition) is 4. The molecule has 0 spiro atoms.